The summed E-state index contributed by atoms with van der Waals surface area (Å²) in [6.07, 6.45) is 1.11. The van der Waals surface area contributed by atoms with Crippen molar-refractivity contribution in [2.45, 2.75) is 53.5 Å². The van der Waals surface area contributed by atoms with Crippen LogP contribution in [0.5, 0.6) is 5.75 Å². The minimum absolute atomic E-state index is 0.186. The summed E-state index contributed by atoms with van der Waals surface area (Å²) in [5.41, 5.74) is 6.90. The monoisotopic (exact) mass is 460 g/mol. The van der Waals surface area contributed by atoms with Crippen LogP contribution >= 0.6 is 11.6 Å². The second kappa shape index (κ2) is 10.0. The Kier molecular flexibility index (Phi) is 7.09. The van der Waals surface area contributed by atoms with Gasteiger partial charge >= 0.3 is 0 Å². The topological polar surface area (TPSA) is 27.1 Å². The molecule has 0 N–H and O–H groups in total. The maximum Gasteiger partial charge on any atom is 0.120 e. The van der Waals surface area contributed by atoms with E-state index in [9.17, 15) is 0 Å². The van der Waals surface area contributed by atoms with E-state index in [-0.39, 0.29) is 5.92 Å². The van der Waals surface area contributed by atoms with Crippen LogP contribution in [0.15, 0.2) is 60.7 Å². The average molecular weight is 461 g/mol. The molecule has 0 amide bonds. The van der Waals surface area contributed by atoms with Crippen LogP contribution in [-0.2, 0) is 13.0 Å². The molecular weight excluding hydrogens is 428 g/mol. The quantitative estimate of drug-likeness (QED) is 0.269. The summed E-state index contributed by atoms with van der Waals surface area (Å²) in [5, 5.41) is 0.804. The maximum absolute atomic E-state index is 6.31. The highest BCUT2D eigenvalue weighted by atomic mass is 35.5. The number of aromatic nitrogens is 2. The summed E-state index contributed by atoms with van der Waals surface area (Å²) < 4.78 is 8.43. The van der Waals surface area contributed by atoms with Gasteiger partial charge in [0.2, 0.25) is 0 Å². The van der Waals surface area contributed by atoms with E-state index in [1.165, 1.54) is 11.1 Å². The van der Waals surface area contributed by atoms with Crippen LogP contribution in [-0.4, -0.2) is 16.2 Å². The Bertz CT molecular complexity index is 1220. The molecule has 0 saturated heterocycles. The highest BCUT2D eigenvalue weighted by Gasteiger charge is 2.18. The molecule has 0 aliphatic carbocycles. The predicted octanol–water partition coefficient (Wildman–Crippen LogP) is 7.74. The zero-order chi connectivity index (χ0) is 23.5. The maximum atomic E-state index is 6.31. The molecule has 4 heteroatoms. The van der Waals surface area contributed by atoms with E-state index >= 15 is 0 Å². The number of nitrogens with zero attached hydrogens (tertiary/aromatic N) is 2. The minimum Gasteiger partial charge on any atom is -0.492 e. The first-order valence-electron chi connectivity index (χ1n) is 11.8. The molecule has 0 aliphatic rings. The summed E-state index contributed by atoms with van der Waals surface area (Å²) in [6.45, 7) is 12.1. The van der Waals surface area contributed by atoms with E-state index in [2.05, 4.69) is 67.8 Å². The molecule has 1 aromatic heterocycles. The number of rotatable bonds is 8. The van der Waals surface area contributed by atoms with E-state index in [0.29, 0.717) is 12.5 Å². The van der Waals surface area contributed by atoms with Gasteiger partial charge in [0.1, 0.15) is 18.2 Å². The smallest absolute Gasteiger partial charge is 0.120 e. The van der Waals surface area contributed by atoms with Crippen molar-refractivity contribution in [3.8, 4) is 5.75 Å². The number of hydrogen-bond acceptors (Lipinski definition) is 2. The van der Waals surface area contributed by atoms with Crippen molar-refractivity contribution in [2.75, 3.05) is 6.61 Å². The van der Waals surface area contributed by atoms with Gasteiger partial charge < -0.3 is 9.30 Å². The van der Waals surface area contributed by atoms with Gasteiger partial charge in [0.05, 0.1) is 17.6 Å². The van der Waals surface area contributed by atoms with Crippen LogP contribution in [0, 0.1) is 19.8 Å². The Morgan fingerprint density at radius 3 is 2.27 bits per heavy atom. The fraction of sp³-hybridized carbons (Fsp3) is 0.345. The van der Waals surface area contributed by atoms with Crippen molar-refractivity contribution in [2.24, 2.45) is 5.92 Å². The summed E-state index contributed by atoms with van der Waals surface area (Å²) in [5.74, 6) is 2.77. The van der Waals surface area contributed by atoms with Gasteiger partial charge in [0.15, 0.2) is 0 Å². The number of para-hydroxylation sites is 2. The van der Waals surface area contributed by atoms with Gasteiger partial charge in [-0.2, -0.15) is 0 Å². The van der Waals surface area contributed by atoms with Crippen molar-refractivity contribution in [1.82, 2.24) is 9.55 Å². The second-order valence-corrected chi connectivity index (χ2v) is 9.77. The Morgan fingerprint density at radius 1 is 0.939 bits per heavy atom. The molecule has 0 spiro atoms. The lowest BCUT2D eigenvalue weighted by Gasteiger charge is -2.17. The Balaban J connectivity index is 1.58. The highest BCUT2D eigenvalue weighted by Crippen LogP contribution is 2.29. The average Bonchev–Trinajstić information content (AvgIpc) is 3.16. The molecule has 4 aromatic rings. The number of fused-ring (bicyclic) bond motifs is 1. The lowest BCUT2D eigenvalue weighted by atomic mass is 9.96. The van der Waals surface area contributed by atoms with Gasteiger partial charge in [-0.1, -0.05) is 68.8 Å². The van der Waals surface area contributed by atoms with Crippen LogP contribution < -0.4 is 4.74 Å². The molecule has 0 aliphatic heterocycles. The first kappa shape index (κ1) is 23.4. The Hall–Kier alpha value is -2.78. The molecule has 4 rings (SSSR count). The SMILES string of the molecule is Cc1cc(OCCn2c(C(C)c3ccc(CC(C)C)cc3)nc3ccccc32)cc(C)c1Cl. The largest absolute Gasteiger partial charge is 0.492 e. The van der Waals surface area contributed by atoms with Gasteiger partial charge in [-0.25, -0.2) is 4.98 Å². The lowest BCUT2D eigenvalue weighted by molar-refractivity contribution is 0.297. The first-order chi connectivity index (χ1) is 15.8. The fourth-order valence-electron chi connectivity index (χ4n) is 4.47. The van der Waals surface area contributed by atoms with Gasteiger partial charge in [-0.3, -0.25) is 0 Å². The minimum atomic E-state index is 0.186. The van der Waals surface area contributed by atoms with Gasteiger partial charge in [0.25, 0.3) is 0 Å². The molecule has 1 unspecified atom stereocenters. The van der Waals surface area contributed by atoms with E-state index in [0.717, 1.165) is 51.7 Å². The van der Waals surface area contributed by atoms with Crippen molar-refractivity contribution < 1.29 is 4.74 Å². The van der Waals surface area contributed by atoms with Gasteiger partial charge in [-0.15, -0.1) is 0 Å². The molecule has 172 valence electrons. The molecule has 0 saturated carbocycles. The standard InChI is InChI=1S/C29H33ClN2O/c1-19(2)16-23-10-12-24(13-11-23)22(5)29-31-26-8-6-7-9-27(26)32(29)14-15-33-25-17-20(3)28(30)21(4)18-25/h6-13,17-19,22H,14-16H2,1-5H3. The van der Waals surface area contributed by atoms with Gasteiger partial charge in [0, 0.05) is 10.9 Å². The third kappa shape index (κ3) is 5.25. The lowest BCUT2D eigenvalue weighted by Crippen LogP contribution is -2.13. The Morgan fingerprint density at radius 2 is 1.61 bits per heavy atom. The van der Waals surface area contributed by atoms with Crippen molar-refractivity contribution in [3.63, 3.8) is 0 Å². The third-order valence-corrected chi connectivity index (χ3v) is 6.78. The summed E-state index contributed by atoms with van der Waals surface area (Å²) >= 11 is 6.31. The normalized spacial score (nSPS) is 12.5. The first-order valence-corrected chi connectivity index (χ1v) is 12.1. The van der Waals surface area contributed by atoms with Crippen LogP contribution in [0.1, 0.15) is 54.8 Å². The van der Waals surface area contributed by atoms with Gasteiger partial charge in [-0.05, 0) is 72.7 Å². The van der Waals surface area contributed by atoms with E-state index in [1.54, 1.807) is 0 Å². The second-order valence-electron chi connectivity index (χ2n) is 9.39. The Labute approximate surface area is 202 Å². The van der Waals surface area contributed by atoms with Crippen LogP contribution in [0.4, 0.5) is 0 Å². The number of aryl methyl sites for hydroxylation is 2. The summed E-state index contributed by atoms with van der Waals surface area (Å²) in [4.78, 5) is 5.02. The predicted molar refractivity (Wildman–Crippen MR) is 139 cm³/mol. The molecule has 0 bridgehead atoms. The molecule has 3 aromatic carbocycles. The molecule has 0 radical (unpaired) electrons. The zero-order valence-electron chi connectivity index (χ0n) is 20.2. The van der Waals surface area contributed by atoms with Crippen molar-refractivity contribution in [3.05, 3.63) is 93.8 Å². The molecule has 33 heavy (non-hydrogen) atoms. The molecule has 1 heterocycles. The number of benzene rings is 3. The molecular formula is C29H33ClN2O. The van der Waals surface area contributed by atoms with Crippen LogP contribution in [0.2, 0.25) is 5.02 Å². The van der Waals surface area contributed by atoms with E-state index in [1.807, 2.05) is 32.0 Å². The fourth-order valence-corrected chi connectivity index (χ4v) is 4.58. The number of halogens is 1. The third-order valence-electron chi connectivity index (χ3n) is 6.19. The van der Waals surface area contributed by atoms with E-state index < -0.39 is 0 Å². The number of hydrogen-bond donors (Lipinski definition) is 0. The molecule has 3 nitrogen and oxygen atoms in total. The number of ether oxygens (including phenoxy) is 1. The van der Waals surface area contributed by atoms with E-state index in [4.69, 9.17) is 21.3 Å². The molecule has 0 fully saturated rings. The zero-order valence-corrected chi connectivity index (χ0v) is 21.0. The van der Waals surface area contributed by atoms with Crippen LogP contribution in [0.3, 0.4) is 0 Å². The summed E-state index contributed by atoms with van der Waals surface area (Å²) in [6, 6.07) is 21.4. The van der Waals surface area contributed by atoms with Crippen molar-refractivity contribution in [1.29, 1.82) is 0 Å². The van der Waals surface area contributed by atoms with Crippen LogP contribution in [0.25, 0.3) is 11.0 Å². The molecule has 1 atom stereocenters. The summed E-state index contributed by atoms with van der Waals surface area (Å²) in [7, 11) is 0. The highest BCUT2D eigenvalue weighted by molar-refractivity contribution is 6.32. The number of imidazole rings is 1. The van der Waals surface area contributed by atoms with Crippen molar-refractivity contribution >= 4 is 22.6 Å².